The summed E-state index contributed by atoms with van der Waals surface area (Å²) in [6.07, 6.45) is 2.08. The second kappa shape index (κ2) is 15.1. The summed E-state index contributed by atoms with van der Waals surface area (Å²) in [5, 5.41) is 2.41. The van der Waals surface area contributed by atoms with Crippen LogP contribution in [0.4, 0.5) is 8.78 Å². The predicted octanol–water partition coefficient (Wildman–Crippen LogP) is 11.5. The number of nitrogens with zero attached hydrogens (tertiary/aromatic N) is 2. The molecule has 7 aromatic rings. The molecule has 0 saturated carbocycles. The van der Waals surface area contributed by atoms with Crippen molar-refractivity contribution in [2.75, 3.05) is 0 Å². The molecule has 251 valence electrons. The van der Waals surface area contributed by atoms with Gasteiger partial charge < -0.3 is 4.98 Å². The Hall–Kier alpha value is -3.55. The number of pyridine rings is 2. The van der Waals surface area contributed by atoms with Crippen LogP contribution < -0.4 is 4.40 Å². The molecule has 7 heteroatoms. The number of halogens is 2. The Kier molecular flexibility index (Phi) is 10.5. The van der Waals surface area contributed by atoms with Crippen molar-refractivity contribution < 1.29 is 31.6 Å². The topological polar surface area (TPSA) is 25.8 Å². The van der Waals surface area contributed by atoms with Gasteiger partial charge in [-0.05, 0) is 50.8 Å². The van der Waals surface area contributed by atoms with Crippen LogP contribution in [0.25, 0.3) is 53.8 Å². The van der Waals surface area contributed by atoms with Gasteiger partial charge in [-0.1, -0.05) is 80.3 Å². The summed E-state index contributed by atoms with van der Waals surface area (Å²) in [7, 11) is 0. The van der Waals surface area contributed by atoms with Crippen LogP contribution in [0.3, 0.4) is 0 Å². The molecule has 2 nitrogen and oxygen atoms in total. The van der Waals surface area contributed by atoms with E-state index in [1.807, 2.05) is 57.3 Å². The number of fused-ring (bicyclic) bond motifs is 3. The van der Waals surface area contributed by atoms with Crippen LogP contribution in [0.15, 0.2) is 109 Å². The monoisotopic (exact) mass is 909 g/mol. The maximum absolute atomic E-state index is 13.1. The molecule has 3 aromatic heterocycles. The van der Waals surface area contributed by atoms with Gasteiger partial charge in [0.05, 0.1) is 0 Å². The van der Waals surface area contributed by atoms with E-state index in [2.05, 4.69) is 87.9 Å². The van der Waals surface area contributed by atoms with Crippen LogP contribution in [0.1, 0.15) is 29.1 Å². The Morgan fingerprint density at radius 1 is 0.796 bits per heavy atom. The second-order valence-electron chi connectivity index (χ2n) is 13.8. The Morgan fingerprint density at radius 2 is 1.57 bits per heavy atom. The van der Waals surface area contributed by atoms with Crippen LogP contribution in [0, 0.1) is 29.2 Å². The number of benzene rings is 4. The molecule has 0 saturated heterocycles. The number of hydrogen-bond acceptors (Lipinski definition) is 3. The van der Waals surface area contributed by atoms with E-state index in [-0.39, 0.29) is 20.1 Å². The molecule has 1 radical (unpaired) electrons. The van der Waals surface area contributed by atoms with Gasteiger partial charge in [0.1, 0.15) is 0 Å². The molecule has 0 bridgehead atoms. The maximum Gasteiger partial charge on any atom is 0 e. The first-order chi connectivity index (χ1) is 23.6. The Labute approximate surface area is 311 Å². The van der Waals surface area contributed by atoms with Crippen molar-refractivity contribution in [1.82, 2.24) is 9.97 Å². The van der Waals surface area contributed by atoms with E-state index in [0.717, 1.165) is 28.1 Å². The largest absolute Gasteiger partial charge is 0 e. The molecule has 0 aliphatic heterocycles. The Bertz CT molecular complexity index is 2300. The van der Waals surface area contributed by atoms with Gasteiger partial charge in [0, 0.05) is 33.7 Å². The van der Waals surface area contributed by atoms with Crippen molar-refractivity contribution in [3.8, 4) is 33.6 Å². The van der Waals surface area contributed by atoms with Gasteiger partial charge in [0.25, 0.3) is 0 Å². The van der Waals surface area contributed by atoms with Gasteiger partial charge in [-0.15, -0.1) is 23.8 Å². The fourth-order valence-electron chi connectivity index (χ4n) is 5.41. The summed E-state index contributed by atoms with van der Waals surface area (Å²) in [4.78, 5) is 8.91. The molecule has 0 spiro atoms. The zero-order valence-electron chi connectivity index (χ0n) is 30.3. The van der Waals surface area contributed by atoms with Crippen molar-refractivity contribution >= 4 is 49.2 Å². The molecule has 0 fully saturated rings. The molecule has 4 aromatic carbocycles. The van der Waals surface area contributed by atoms with Crippen molar-refractivity contribution in [2.45, 2.75) is 44.4 Å². The minimum absolute atomic E-state index is 0. The van der Waals surface area contributed by atoms with Crippen LogP contribution >= 0.6 is 11.3 Å². The van der Waals surface area contributed by atoms with E-state index in [0.29, 0.717) is 16.8 Å². The number of aromatic nitrogens is 2. The fourth-order valence-corrected chi connectivity index (χ4v) is 8.83. The van der Waals surface area contributed by atoms with Crippen molar-refractivity contribution in [3.63, 3.8) is 0 Å². The van der Waals surface area contributed by atoms with Gasteiger partial charge in [0.2, 0.25) is 0 Å². The first-order valence-electron chi connectivity index (χ1n) is 16.9. The van der Waals surface area contributed by atoms with Crippen LogP contribution in [0.2, 0.25) is 17.3 Å². The van der Waals surface area contributed by atoms with Crippen LogP contribution in [-0.4, -0.2) is 23.2 Å². The minimum atomic E-state index is -1.87. The smallest absolute Gasteiger partial charge is 0 e. The summed E-state index contributed by atoms with van der Waals surface area (Å²) < 4.78 is 46.9. The molecular weight excluding hydrogens is 867 g/mol. The first-order valence-corrected chi connectivity index (χ1v) is 24.0. The fraction of sp³-hybridized carbons (Fsp3) is 0.190. The normalized spacial score (nSPS) is 12.5. The van der Waals surface area contributed by atoms with Crippen LogP contribution in [-0.2, 0) is 26.5 Å². The summed E-state index contributed by atoms with van der Waals surface area (Å²) in [6.45, 7) is 5.78. The molecule has 0 N–H and O–H groups in total. The predicted molar refractivity (Wildman–Crippen MR) is 201 cm³/mol. The Morgan fingerprint density at radius 3 is 2.24 bits per heavy atom. The van der Waals surface area contributed by atoms with E-state index in [1.54, 1.807) is 23.6 Å². The molecule has 3 heterocycles. The van der Waals surface area contributed by atoms with Gasteiger partial charge >= 0.3 is 108 Å². The second-order valence-corrected chi connectivity index (χ2v) is 25.5. The average molecular weight is 908 g/mol. The van der Waals surface area contributed by atoms with Crippen LogP contribution in [0.5, 0.6) is 0 Å². The van der Waals surface area contributed by atoms with E-state index in [1.165, 1.54) is 31.0 Å². The van der Waals surface area contributed by atoms with Crippen molar-refractivity contribution in [3.05, 3.63) is 139 Å². The summed E-state index contributed by atoms with van der Waals surface area (Å²) >= 11 is -0.128. The summed E-state index contributed by atoms with van der Waals surface area (Å²) in [5.41, 5.74) is 5.31. The molecule has 0 unspecified atom stereocenters. The van der Waals surface area contributed by atoms with E-state index in [9.17, 15) is 8.78 Å². The van der Waals surface area contributed by atoms with Crippen molar-refractivity contribution in [2.24, 2.45) is 5.41 Å². The zero-order chi connectivity index (χ0) is 35.8. The standard InChI is InChI=1S/C28H24NS.C14H14F2GeN.Ir/c1-28(2,3)18-19-14-15-29-25(16-19)24-11-7-10-23-22-13-12-21(17-26(22)30-27(23)24)20-8-5-4-6-9-20;1-17(2,3)11-5-7-14(18-9-11)10-4-6-12(15)13(16)8-10;/h4-10,12-17H,18H2,1-3H3;5-9H,1-3H3;/q2*-1;/i18D2;;. The minimum Gasteiger partial charge on any atom is 0 e. The maximum atomic E-state index is 13.1. The SMILES string of the molecule is [2H]C([2H])(c1ccnc(-c2[c-]ccc3c2sc2cc(-c4ccccc4)ccc23)c1)C(C)(C)C.[CH3][Ge]([CH3])([CH3])[c]1ccc(-c2[c-]cc(F)c(F)c2)nc1.[Ir]. The third-order valence-electron chi connectivity index (χ3n) is 7.83. The number of hydrogen-bond donors (Lipinski definition) is 0. The van der Waals surface area contributed by atoms with Gasteiger partial charge in [-0.2, -0.15) is 11.3 Å². The third kappa shape index (κ3) is 8.79. The molecule has 0 amide bonds. The van der Waals surface area contributed by atoms with E-state index >= 15 is 0 Å². The zero-order valence-corrected chi connectivity index (χ0v) is 33.6. The Balaban J connectivity index is 0.000000226. The van der Waals surface area contributed by atoms with Crippen molar-refractivity contribution in [1.29, 1.82) is 0 Å². The van der Waals surface area contributed by atoms with Gasteiger partial charge in [-0.3, -0.25) is 0 Å². The number of thiophene rings is 1. The quantitative estimate of drug-likeness (QED) is 0.127. The molecule has 0 aliphatic rings. The molecule has 49 heavy (non-hydrogen) atoms. The molecular formula is C42H38F2GeIrN2S-2. The first kappa shape index (κ1) is 33.9. The molecule has 0 atom stereocenters. The molecule has 7 rings (SSSR count). The van der Waals surface area contributed by atoms with Gasteiger partial charge in [0.15, 0.2) is 0 Å². The molecule has 0 aliphatic carbocycles. The average Bonchev–Trinajstić information content (AvgIpc) is 3.47. The van der Waals surface area contributed by atoms with E-state index < -0.39 is 36.7 Å². The summed E-state index contributed by atoms with van der Waals surface area (Å²) in [5.74, 6) is 5.07. The third-order valence-corrected chi connectivity index (χ3v) is 13.3. The summed E-state index contributed by atoms with van der Waals surface area (Å²) in [6, 6.07) is 36.8. The number of rotatable bonds is 5. The van der Waals surface area contributed by atoms with Gasteiger partial charge in [-0.25, -0.2) is 0 Å². The van der Waals surface area contributed by atoms with E-state index in [4.69, 9.17) is 2.74 Å².